The minimum atomic E-state index is -0.615. The van der Waals surface area contributed by atoms with Gasteiger partial charge in [0.1, 0.15) is 0 Å². The second kappa shape index (κ2) is 6.61. The average molecular weight is 379 g/mol. The van der Waals surface area contributed by atoms with Gasteiger partial charge in [-0.3, -0.25) is 4.90 Å². The van der Waals surface area contributed by atoms with Crippen molar-refractivity contribution in [2.45, 2.75) is 19.1 Å². The Bertz CT molecular complexity index is 941. The number of aromatic amines is 1. The standard InChI is InChI=1S/C19H17Cl2FN2O/c20-12-3-1-2-11(8-12)17(25)10-24-7-6-13-16(9-24)23-15-5-4-14(21)19(22)18(13)15/h1-5,8,17,23,25H,6-7,9-10H2. The predicted molar refractivity (Wildman–Crippen MR) is 98.7 cm³/mol. The van der Waals surface area contributed by atoms with Crippen LogP contribution in [0.15, 0.2) is 36.4 Å². The van der Waals surface area contributed by atoms with E-state index >= 15 is 0 Å². The lowest BCUT2D eigenvalue weighted by Gasteiger charge is -2.29. The zero-order valence-corrected chi connectivity index (χ0v) is 14.9. The number of aliphatic hydroxyl groups is 1. The number of rotatable bonds is 3. The second-order valence-electron chi connectivity index (χ2n) is 6.42. The third-order valence-corrected chi connectivity index (χ3v) is 5.30. The number of aliphatic hydroxyl groups excluding tert-OH is 1. The lowest BCUT2D eigenvalue weighted by molar-refractivity contribution is 0.105. The molecule has 1 unspecified atom stereocenters. The van der Waals surface area contributed by atoms with Gasteiger partial charge in [-0.2, -0.15) is 0 Å². The first kappa shape index (κ1) is 16.9. The first-order valence-corrected chi connectivity index (χ1v) is 8.92. The Morgan fingerprint density at radius 2 is 2.08 bits per heavy atom. The fourth-order valence-electron chi connectivity index (χ4n) is 3.54. The van der Waals surface area contributed by atoms with Crippen LogP contribution in [0.3, 0.4) is 0 Å². The highest BCUT2D eigenvalue weighted by atomic mass is 35.5. The van der Waals surface area contributed by atoms with Crippen LogP contribution in [0.4, 0.5) is 4.39 Å². The van der Waals surface area contributed by atoms with Gasteiger partial charge in [0.05, 0.1) is 11.1 Å². The zero-order valence-electron chi connectivity index (χ0n) is 13.4. The molecule has 3 aromatic rings. The van der Waals surface area contributed by atoms with Crippen LogP contribution in [0.25, 0.3) is 10.9 Å². The molecule has 2 aromatic carbocycles. The highest BCUT2D eigenvalue weighted by molar-refractivity contribution is 6.31. The number of aromatic nitrogens is 1. The Hall–Kier alpha value is -1.59. The second-order valence-corrected chi connectivity index (χ2v) is 7.27. The molecule has 4 rings (SSSR count). The van der Waals surface area contributed by atoms with Crippen molar-refractivity contribution >= 4 is 34.1 Å². The van der Waals surface area contributed by atoms with Gasteiger partial charge >= 0.3 is 0 Å². The summed E-state index contributed by atoms with van der Waals surface area (Å²) in [6.07, 6.45) is 0.102. The first-order valence-electron chi connectivity index (χ1n) is 8.16. The molecule has 1 aliphatic rings. The smallest absolute Gasteiger partial charge is 0.151 e. The molecule has 0 radical (unpaired) electrons. The topological polar surface area (TPSA) is 39.3 Å². The van der Waals surface area contributed by atoms with Crippen molar-refractivity contribution in [3.05, 3.63) is 69.1 Å². The average Bonchev–Trinajstić information content (AvgIpc) is 2.96. The van der Waals surface area contributed by atoms with E-state index in [1.165, 1.54) is 0 Å². The molecule has 6 heteroatoms. The number of fused-ring (bicyclic) bond motifs is 3. The summed E-state index contributed by atoms with van der Waals surface area (Å²) in [4.78, 5) is 5.45. The molecule has 0 fully saturated rings. The van der Waals surface area contributed by atoms with E-state index in [-0.39, 0.29) is 10.8 Å². The highest BCUT2D eigenvalue weighted by Gasteiger charge is 2.24. The molecule has 1 aromatic heterocycles. The van der Waals surface area contributed by atoms with Gasteiger partial charge in [-0.15, -0.1) is 0 Å². The minimum absolute atomic E-state index is 0.146. The Morgan fingerprint density at radius 3 is 2.88 bits per heavy atom. The summed E-state index contributed by atoms with van der Waals surface area (Å²) in [6, 6.07) is 10.6. The summed E-state index contributed by atoms with van der Waals surface area (Å²) in [7, 11) is 0. The van der Waals surface area contributed by atoms with Crippen LogP contribution in [0.1, 0.15) is 22.9 Å². The SMILES string of the molecule is OC(CN1CCc2c([nH]c3ccc(Cl)c(F)c23)C1)c1cccc(Cl)c1. The van der Waals surface area contributed by atoms with E-state index in [0.29, 0.717) is 23.5 Å². The van der Waals surface area contributed by atoms with Crippen LogP contribution < -0.4 is 0 Å². The van der Waals surface area contributed by atoms with Crippen LogP contribution in [-0.4, -0.2) is 28.1 Å². The van der Waals surface area contributed by atoms with Gasteiger partial charge in [0, 0.05) is 41.3 Å². The van der Waals surface area contributed by atoms with E-state index in [1.807, 2.05) is 18.2 Å². The van der Waals surface area contributed by atoms with Crippen molar-refractivity contribution in [2.75, 3.05) is 13.1 Å². The largest absolute Gasteiger partial charge is 0.387 e. The van der Waals surface area contributed by atoms with E-state index < -0.39 is 6.10 Å². The van der Waals surface area contributed by atoms with Crippen molar-refractivity contribution < 1.29 is 9.50 Å². The van der Waals surface area contributed by atoms with E-state index in [4.69, 9.17) is 23.2 Å². The molecule has 0 bridgehead atoms. The molecule has 130 valence electrons. The lowest BCUT2D eigenvalue weighted by atomic mass is 10.0. The molecule has 0 spiro atoms. The number of hydrogen-bond acceptors (Lipinski definition) is 2. The Labute approximate surface area is 155 Å². The molecule has 2 heterocycles. The molecular formula is C19H17Cl2FN2O. The van der Waals surface area contributed by atoms with Crippen LogP contribution in [0.5, 0.6) is 0 Å². The van der Waals surface area contributed by atoms with Crippen molar-refractivity contribution in [2.24, 2.45) is 0 Å². The van der Waals surface area contributed by atoms with E-state index in [9.17, 15) is 9.50 Å². The summed E-state index contributed by atoms with van der Waals surface area (Å²) < 4.78 is 14.4. The summed E-state index contributed by atoms with van der Waals surface area (Å²) in [5.41, 5.74) is 3.54. The van der Waals surface area contributed by atoms with Crippen LogP contribution in [0, 0.1) is 5.82 Å². The van der Waals surface area contributed by atoms with Crippen molar-refractivity contribution in [3.8, 4) is 0 Å². The molecule has 0 saturated carbocycles. The van der Waals surface area contributed by atoms with Crippen LogP contribution in [0.2, 0.25) is 10.0 Å². The maximum Gasteiger partial charge on any atom is 0.151 e. The number of nitrogens with one attached hydrogen (secondary N) is 1. The van der Waals surface area contributed by atoms with Gasteiger partial charge in [-0.1, -0.05) is 35.3 Å². The van der Waals surface area contributed by atoms with Crippen molar-refractivity contribution in [3.63, 3.8) is 0 Å². The number of halogens is 3. The lowest BCUT2D eigenvalue weighted by Crippen LogP contribution is -2.33. The molecule has 3 nitrogen and oxygen atoms in total. The summed E-state index contributed by atoms with van der Waals surface area (Å²) in [6.45, 7) is 1.89. The van der Waals surface area contributed by atoms with Crippen LogP contribution in [-0.2, 0) is 13.0 Å². The van der Waals surface area contributed by atoms with Crippen molar-refractivity contribution in [1.29, 1.82) is 0 Å². The molecule has 0 amide bonds. The third-order valence-electron chi connectivity index (χ3n) is 4.77. The summed E-state index contributed by atoms with van der Waals surface area (Å²) >= 11 is 11.9. The minimum Gasteiger partial charge on any atom is -0.387 e. The number of benzene rings is 2. The molecule has 0 aliphatic carbocycles. The van der Waals surface area contributed by atoms with Gasteiger partial charge in [-0.25, -0.2) is 4.39 Å². The normalized spacial score (nSPS) is 16.2. The van der Waals surface area contributed by atoms with E-state index in [2.05, 4.69) is 9.88 Å². The maximum atomic E-state index is 14.4. The molecular weight excluding hydrogens is 362 g/mol. The summed E-state index contributed by atoms with van der Waals surface area (Å²) in [5.74, 6) is -0.357. The quantitative estimate of drug-likeness (QED) is 0.692. The third kappa shape index (κ3) is 3.15. The van der Waals surface area contributed by atoms with Crippen LogP contribution >= 0.6 is 23.2 Å². The number of hydrogen-bond donors (Lipinski definition) is 2. The first-order chi connectivity index (χ1) is 12.0. The molecule has 1 atom stereocenters. The molecule has 25 heavy (non-hydrogen) atoms. The highest BCUT2D eigenvalue weighted by Crippen LogP contribution is 2.33. The molecule has 2 N–H and O–H groups in total. The maximum absolute atomic E-state index is 14.4. The van der Waals surface area contributed by atoms with E-state index in [0.717, 1.165) is 35.3 Å². The fraction of sp³-hybridized carbons (Fsp3) is 0.263. The fourth-order valence-corrected chi connectivity index (χ4v) is 3.90. The Kier molecular flexibility index (Phi) is 4.46. The molecule has 1 aliphatic heterocycles. The van der Waals surface area contributed by atoms with Crippen molar-refractivity contribution in [1.82, 2.24) is 9.88 Å². The summed E-state index contributed by atoms with van der Waals surface area (Å²) in [5, 5.41) is 11.8. The van der Waals surface area contributed by atoms with Gasteiger partial charge in [-0.05, 0) is 41.8 Å². The zero-order chi connectivity index (χ0) is 17.6. The number of β-amino-alcohol motifs (C(OH)–C–C–N with tert-alkyl or cyclic N) is 1. The van der Waals surface area contributed by atoms with Gasteiger partial charge < -0.3 is 10.1 Å². The van der Waals surface area contributed by atoms with Gasteiger partial charge in [0.15, 0.2) is 5.82 Å². The van der Waals surface area contributed by atoms with Gasteiger partial charge in [0.2, 0.25) is 0 Å². The Balaban J connectivity index is 1.56. The van der Waals surface area contributed by atoms with Gasteiger partial charge in [0.25, 0.3) is 0 Å². The Morgan fingerprint density at radius 1 is 1.24 bits per heavy atom. The predicted octanol–water partition coefficient (Wildman–Crippen LogP) is 4.71. The number of H-pyrrole nitrogens is 1. The van der Waals surface area contributed by atoms with E-state index in [1.54, 1.807) is 18.2 Å². The number of nitrogens with zero attached hydrogens (tertiary/aromatic N) is 1. The molecule has 0 saturated heterocycles. The monoisotopic (exact) mass is 378 g/mol.